The zero-order valence-corrected chi connectivity index (χ0v) is 9.44. The number of nitrogens with zero attached hydrogens (tertiary/aromatic N) is 2. The Balaban J connectivity index is 1.99. The van der Waals surface area contributed by atoms with Gasteiger partial charge in [-0.15, -0.1) is 0 Å². The Bertz CT molecular complexity index is 263. The molecule has 3 nitrogen and oxygen atoms in total. The zero-order chi connectivity index (χ0) is 9.86. The first kappa shape index (κ1) is 10.1. The molecule has 1 N–H and O–H groups in total. The maximum Gasteiger partial charge on any atom is 0.0761 e. The van der Waals surface area contributed by atoms with Crippen LogP contribution in [0.4, 0.5) is 0 Å². The van der Waals surface area contributed by atoms with Gasteiger partial charge in [0.15, 0.2) is 0 Å². The van der Waals surface area contributed by atoms with Gasteiger partial charge >= 0.3 is 0 Å². The molecule has 1 saturated heterocycles. The van der Waals surface area contributed by atoms with Gasteiger partial charge < -0.3 is 5.32 Å². The highest BCUT2D eigenvalue weighted by molar-refractivity contribution is 6.99. The second kappa shape index (κ2) is 4.36. The second-order valence-corrected chi connectivity index (χ2v) is 4.93. The van der Waals surface area contributed by atoms with E-state index < -0.39 is 0 Å². The lowest BCUT2D eigenvalue weighted by atomic mass is 9.91. The van der Waals surface area contributed by atoms with Crippen molar-refractivity contribution >= 4 is 11.7 Å². The molecule has 1 aliphatic rings. The van der Waals surface area contributed by atoms with Crippen molar-refractivity contribution in [3.05, 3.63) is 11.9 Å². The highest BCUT2D eigenvalue weighted by atomic mass is 32.1. The summed E-state index contributed by atoms with van der Waals surface area (Å²) in [5, 5.41) is 3.63. The van der Waals surface area contributed by atoms with Crippen molar-refractivity contribution in [1.82, 2.24) is 14.1 Å². The second-order valence-electron chi connectivity index (χ2n) is 4.37. The number of hydrogen-bond acceptors (Lipinski definition) is 4. The quantitative estimate of drug-likeness (QED) is 0.813. The van der Waals surface area contributed by atoms with Crippen LogP contribution >= 0.6 is 11.7 Å². The summed E-state index contributed by atoms with van der Waals surface area (Å²) >= 11 is 1.30. The normalized spacial score (nSPS) is 28.6. The van der Waals surface area contributed by atoms with Crippen LogP contribution in [0.1, 0.15) is 38.3 Å². The number of nitrogens with one attached hydrogen (secondary N) is 1. The van der Waals surface area contributed by atoms with Gasteiger partial charge in [0.2, 0.25) is 0 Å². The van der Waals surface area contributed by atoms with Crippen LogP contribution in [0.5, 0.6) is 0 Å². The van der Waals surface area contributed by atoms with Gasteiger partial charge in [0.05, 0.1) is 23.6 Å². The summed E-state index contributed by atoms with van der Waals surface area (Å²) in [6.07, 6.45) is 8.17. The number of aromatic nitrogens is 2. The molecular weight excluding hydrogens is 194 g/mol. The Labute approximate surface area is 89.3 Å². The van der Waals surface area contributed by atoms with E-state index in [1.807, 2.05) is 6.20 Å². The van der Waals surface area contributed by atoms with Gasteiger partial charge in [-0.2, -0.15) is 8.75 Å². The van der Waals surface area contributed by atoms with Crippen LogP contribution in [0, 0.1) is 0 Å². The predicted octanol–water partition coefficient (Wildman–Crippen LogP) is 2.00. The van der Waals surface area contributed by atoms with Crippen molar-refractivity contribution in [1.29, 1.82) is 0 Å². The first-order valence-corrected chi connectivity index (χ1v) is 6.03. The van der Waals surface area contributed by atoms with Crippen LogP contribution in [0.3, 0.4) is 0 Å². The summed E-state index contributed by atoms with van der Waals surface area (Å²) < 4.78 is 8.32. The molecule has 0 aliphatic carbocycles. The third-order valence-corrected chi connectivity index (χ3v) is 3.45. The summed E-state index contributed by atoms with van der Waals surface area (Å²) in [6.45, 7) is 3.45. The maximum atomic E-state index is 4.28. The molecule has 1 unspecified atom stereocenters. The molecule has 0 saturated carbocycles. The summed E-state index contributed by atoms with van der Waals surface area (Å²) in [7, 11) is 0. The third kappa shape index (κ3) is 2.51. The topological polar surface area (TPSA) is 37.8 Å². The van der Waals surface area contributed by atoms with E-state index in [-0.39, 0.29) is 5.54 Å². The van der Waals surface area contributed by atoms with E-state index in [4.69, 9.17) is 0 Å². The van der Waals surface area contributed by atoms with Gasteiger partial charge in [-0.25, -0.2) is 0 Å². The van der Waals surface area contributed by atoms with E-state index in [0.29, 0.717) is 0 Å². The van der Waals surface area contributed by atoms with Crippen molar-refractivity contribution in [2.75, 3.05) is 6.54 Å². The van der Waals surface area contributed by atoms with Crippen LogP contribution in [0.15, 0.2) is 6.20 Å². The standard InChI is InChI=1S/C10H17N3S/c1-10(5-3-2-4-6-11-10)7-9-8-12-14-13-9/h8,11H,2-7H2,1H3. The lowest BCUT2D eigenvalue weighted by Crippen LogP contribution is -2.43. The monoisotopic (exact) mass is 211 g/mol. The molecule has 0 bridgehead atoms. The molecule has 0 amide bonds. The molecule has 4 heteroatoms. The van der Waals surface area contributed by atoms with Crippen molar-refractivity contribution in [2.45, 2.75) is 44.6 Å². The molecule has 1 fully saturated rings. The van der Waals surface area contributed by atoms with E-state index in [0.717, 1.165) is 18.7 Å². The summed E-state index contributed by atoms with van der Waals surface area (Å²) in [4.78, 5) is 0. The predicted molar refractivity (Wildman–Crippen MR) is 58.5 cm³/mol. The van der Waals surface area contributed by atoms with E-state index in [1.165, 1.54) is 37.4 Å². The summed E-state index contributed by atoms with van der Waals surface area (Å²) in [5.41, 5.74) is 1.37. The molecule has 0 radical (unpaired) electrons. The Morgan fingerprint density at radius 2 is 2.43 bits per heavy atom. The third-order valence-electron chi connectivity index (χ3n) is 2.94. The molecule has 2 rings (SSSR count). The Hall–Kier alpha value is -0.480. The van der Waals surface area contributed by atoms with Crippen molar-refractivity contribution in [2.24, 2.45) is 0 Å². The fraction of sp³-hybridized carbons (Fsp3) is 0.800. The first-order valence-electron chi connectivity index (χ1n) is 5.30. The molecule has 1 atom stereocenters. The summed E-state index contributed by atoms with van der Waals surface area (Å²) in [6, 6.07) is 0. The van der Waals surface area contributed by atoms with E-state index in [1.54, 1.807) is 0 Å². The van der Waals surface area contributed by atoms with Crippen LogP contribution < -0.4 is 5.32 Å². The molecule has 1 aromatic heterocycles. The van der Waals surface area contributed by atoms with Crippen molar-refractivity contribution < 1.29 is 0 Å². The lowest BCUT2D eigenvalue weighted by molar-refractivity contribution is 0.343. The first-order chi connectivity index (χ1) is 6.79. The molecule has 0 spiro atoms. The lowest BCUT2D eigenvalue weighted by Gasteiger charge is -2.28. The van der Waals surface area contributed by atoms with Gasteiger partial charge in [0.25, 0.3) is 0 Å². The highest BCUT2D eigenvalue weighted by Crippen LogP contribution is 2.22. The smallest absolute Gasteiger partial charge is 0.0761 e. The Morgan fingerprint density at radius 3 is 3.21 bits per heavy atom. The average Bonchev–Trinajstić information content (AvgIpc) is 2.55. The van der Waals surface area contributed by atoms with Crippen LogP contribution in [-0.4, -0.2) is 20.8 Å². The van der Waals surface area contributed by atoms with Crippen LogP contribution in [0.2, 0.25) is 0 Å². The molecule has 78 valence electrons. The van der Waals surface area contributed by atoms with Gasteiger partial charge in [-0.05, 0) is 26.3 Å². The molecule has 14 heavy (non-hydrogen) atoms. The largest absolute Gasteiger partial charge is 0.311 e. The van der Waals surface area contributed by atoms with Crippen molar-refractivity contribution in [3.63, 3.8) is 0 Å². The Morgan fingerprint density at radius 1 is 1.50 bits per heavy atom. The molecule has 0 aromatic carbocycles. The Kier molecular flexibility index (Phi) is 3.13. The van der Waals surface area contributed by atoms with Gasteiger partial charge in [0, 0.05) is 12.0 Å². The van der Waals surface area contributed by atoms with Crippen molar-refractivity contribution in [3.8, 4) is 0 Å². The highest BCUT2D eigenvalue weighted by Gasteiger charge is 2.26. The van der Waals surface area contributed by atoms with Crippen LogP contribution in [0.25, 0.3) is 0 Å². The molecule has 1 aliphatic heterocycles. The van der Waals surface area contributed by atoms with E-state index in [2.05, 4.69) is 21.0 Å². The number of rotatable bonds is 2. The minimum Gasteiger partial charge on any atom is -0.311 e. The molecule has 1 aromatic rings. The van der Waals surface area contributed by atoms with E-state index in [9.17, 15) is 0 Å². The minimum atomic E-state index is 0.242. The van der Waals surface area contributed by atoms with Gasteiger partial charge in [-0.1, -0.05) is 12.8 Å². The van der Waals surface area contributed by atoms with Crippen LogP contribution in [-0.2, 0) is 6.42 Å². The number of hydrogen-bond donors (Lipinski definition) is 1. The fourth-order valence-corrected chi connectivity index (χ4v) is 2.54. The molecule has 2 heterocycles. The fourth-order valence-electron chi connectivity index (χ4n) is 2.11. The summed E-state index contributed by atoms with van der Waals surface area (Å²) in [5.74, 6) is 0. The molecular formula is C10H17N3S. The van der Waals surface area contributed by atoms with E-state index >= 15 is 0 Å². The average molecular weight is 211 g/mol. The SMILES string of the molecule is CC1(Cc2cnsn2)CCCCCN1. The van der Waals surface area contributed by atoms with Gasteiger partial charge in [-0.3, -0.25) is 0 Å². The maximum absolute atomic E-state index is 4.28. The minimum absolute atomic E-state index is 0.242. The zero-order valence-electron chi connectivity index (χ0n) is 8.62. The van der Waals surface area contributed by atoms with Gasteiger partial charge in [0.1, 0.15) is 0 Å².